The van der Waals surface area contributed by atoms with Crippen LogP contribution in [0.4, 0.5) is 10.5 Å². The molecule has 0 radical (unpaired) electrons. The number of urea groups is 1. The molecule has 0 aliphatic heterocycles. The summed E-state index contributed by atoms with van der Waals surface area (Å²) in [4.78, 5) is 16.3. The van der Waals surface area contributed by atoms with Crippen molar-refractivity contribution in [2.24, 2.45) is 5.73 Å². The van der Waals surface area contributed by atoms with E-state index in [2.05, 4.69) is 15.6 Å². The van der Waals surface area contributed by atoms with Gasteiger partial charge in [0.1, 0.15) is 18.2 Å². The second kappa shape index (κ2) is 8.64. The summed E-state index contributed by atoms with van der Waals surface area (Å²) >= 11 is 6.33. The van der Waals surface area contributed by atoms with Crippen molar-refractivity contribution >= 4 is 34.2 Å². The third kappa shape index (κ3) is 4.50. The Labute approximate surface area is 178 Å². The van der Waals surface area contributed by atoms with Crippen molar-refractivity contribution in [2.75, 3.05) is 19.2 Å². The van der Waals surface area contributed by atoms with Gasteiger partial charge in [-0.3, -0.25) is 10.7 Å². The van der Waals surface area contributed by atoms with Crippen molar-refractivity contribution in [1.29, 1.82) is 0 Å². The highest BCUT2D eigenvalue weighted by atomic mass is 35.5. The van der Waals surface area contributed by atoms with Crippen LogP contribution in [0.15, 0.2) is 42.6 Å². The molecule has 1 aliphatic rings. The van der Waals surface area contributed by atoms with Gasteiger partial charge in [-0.1, -0.05) is 11.6 Å². The maximum atomic E-state index is 11.9. The number of amides is 2. The fourth-order valence-electron chi connectivity index (χ4n) is 2.94. The number of halogens is 1. The average Bonchev–Trinajstić information content (AvgIpc) is 3.54. The molecule has 4 N–H and O–H groups in total. The van der Waals surface area contributed by atoms with Gasteiger partial charge >= 0.3 is 6.03 Å². The van der Waals surface area contributed by atoms with Crippen LogP contribution >= 0.6 is 11.6 Å². The number of nitrogens with one attached hydrogen (secondary N) is 2. The van der Waals surface area contributed by atoms with E-state index in [1.807, 2.05) is 0 Å². The van der Waals surface area contributed by atoms with Gasteiger partial charge in [-0.15, -0.1) is 0 Å². The Bertz CT molecular complexity index is 1090. The summed E-state index contributed by atoms with van der Waals surface area (Å²) in [6.07, 6.45) is 3.66. The van der Waals surface area contributed by atoms with Gasteiger partial charge in [-0.05, 0) is 37.1 Å². The van der Waals surface area contributed by atoms with Crippen LogP contribution in [0.2, 0.25) is 5.02 Å². The zero-order valence-corrected chi connectivity index (χ0v) is 17.0. The third-order valence-corrected chi connectivity index (χ3v) is 4.87. The van der Waals surface area contributed by atoms with Crippen LogP contribution in [-0.2, 0) is 0 Å². The minimum atomic E-state index is -0.269. The molecule has 1 aliphatic carbocycles. The highest BCUT2D eigenvalue weighted by molar-refractivity contribution is 6.33. The summed E-state index contributed by atoms with van der Waals surface area (Å²) < 4.78 is 16.8. The van der Waals surface area contributed by atoms with Crippen molar-refractivity contribution in [2.45, 2.75) is 18.9 Å². The first-order valence-corrected chi connectivity index (χ1v) is 9.79. The van der Waals surface area contributed by atoms with E-state index in [1.54, 1.807) is 49.7 Å². The molecule has 2 aromatic carbocycles. The lowest BCUT2D eigenvalue weighted by atomic mass is 10.2. The van der Waals surface area contributed by atoms with E-state index < -0.39 is 0 Å². The second-order valence-electron chi connectivity index (χ2n) is 6.76. The number of hydrogen-bond acceptors (Lipinski definition) is 6. The molecule has 3 aromatic rings. The number of methoxy groups -OCH3 is 1. The first kappa shape index (κ1) is 20.1. The molecule has 9 heteroatoms. The highest BCUT2D eigenvalue weighted by Crippen LogP contribution is 2.38. The number of anilines is 1. The fraction of sp³-hybridized carbons (Fsp3) is 0.238. The molecular formula is C21H21ClN4O4. The van der Waals surface area contributed by atoms with Crippen molar-refractivity contribution < 1.29 is 19.0 Å². The summed E-state index contributed by atoms with van der Waals surface area (Å²) in [5.74, 6) is 2.09. The number of nitrogens with zero attached hydrogens (tertiary/aromatic N) is 1. The molecule has 156 valence electrons. The Morgan fingerprint density at radius 3 is 2.73 bits per heavy atom. The lowest BCUT2D eigenvalue weighted by Gasteiger charge is -2.14. The maximum Gasteiger partial charge on any atom is 0.319 e. The van der Waals surface area contributed by atoms with Crippen LogP contribution in [0.1, 0.15) is 12.8 Å². The number of carbonyl (C=O) groups is 1. The van der Waals surface area contributed by atoms with Gasteiger partial charge in [0.15, 0.2) is 11.5 Å². The first-order chi connectivity index (χ1) is 14.6. The van der Waals surface area contributed by atoms with Gasteiger partial charge in [-0.25, -0.2) is 4.79 Å². The lowest BCUT2D eigenvalue weighted by molar-refractivity contribution is 0.251. The van der Waals surface area contributed by atoms with E-state index in [0.717, 1.165) is 18.2 Å². The van der Waals surface area contributed by atoms with E-state index in [0.29, 0.717) is 39.2 Å². The number of pyridine rings is 1. The topological polar surface area (TPSA) is 108 Å². The van der Waals surface area contributed by atoms with Crippen LogP contribution in [0, 0.1) is 0 Å². The van der Waals surface area contributed by atoms with Crippen molar-refractivity contribution in [1.82, 2.24) is 10.3 Å². The summed E-state index contributed by atoms with van der Waals surface area (Å²) in [5.41, 5.74) is 6.69. The average molecular weight is 429 g/mol. The molecule has 0 atom stereocenters. The second-order valence-corrected chi connectivity index (χ2v) is 7.16. The zero-order valence-electron chi connectivity index (χ0n) is 16.3. The Morgan fingerprint density at radius 1 is 1.20 bits per heavy atom. The smallest absolute Gasteiger partial charge is 0.319 e. The molecule has 1 aromatic heterocycles. The monoisotopic (exact) mass is 428 g/mol. The molecule has 2 amide bonds. The number of fused-ring (bicyclic) bond motifs is 1. The molecule has 30 heavy (non-hydrogen) atoms. The molecule has 8 nitrogen and oxygen atoms in total. The minimum absolute atomic E-state index is 0.0106. The standard InChI is InChI=1S/C21H21ClN4O4/c1-28-19-10-17-14(9-20(19)29-11-23)18(6-7-24-17)30-13-4-5-16(15(22)8-13)26-21(27)25-12-2-3-12/h4-10,12H,2-3,11,23H2,1H3,(H2,25,26,27). The minimum Gasteiger partial charge on any atom is -0.493 e. The lowest BCUT2D eigenvalue weighted by Crippen LogP contribution is -2.30. The molecule has 0 unspecified atom stereocenters. The van der Waals surface area contributed by atoms with Crippen LogP contribution in [-0.4, -0.2) is 30.9 Å². The van der Waals surface area contributed by atoms with Crippen LogP contribution in [0.5, 0.6) is 23.0 Å². The molecular weight excluding hydrogens is 408 g/mol. The number of benzene rings is 2. The predicted molar refractivity (Wildman–Crippen MR) is 115 cm³/mol. The number of ether oxygens (including phenoxy) is 3. The Balaban J connectivity index is 1.58. The molecule has 1 fully saturated rings. The highest BCUT2D eigenvalue weighted by Gasteiger charge is 2.23. The largest absolute Gasteiger partial charge is 0.493 e. The SMILES string of the molecule is COc1cc2nccc(Oc3ccc(NC(=O)NC4CC4)c(Cl)c3)c2cc1OCN. The van der Waals surface area contributed by atoms with E-state index in [-0.39, 0.29) is 18.8 Å². The van der Waals surface area contributed by atoms with Crippen LogP contribution in [0.25, 0.3) is 10.9 Å². The van der Waals surface area contributed by atoms with E-state index >= 15 is 0 Å². The summed E-state index contributed by atoms with van der Waals surface area (Å²) in [6.45, 7) is 0.0106. The van der Waals surface area contributed by atoms with Gasteiger partial charge < -0.3 is 24.8 Å². The van der Waals surface area contributed by atoms with Crippen LogP contribution < -0.4 is 30.6 Å². The molecule has 0 saturated heterocycles. The first-order valence-electron chi connectivity index (χ1n) is 9.42. The van der Waals surface area contributed by atoms with Crippen molar-refractivity contribution in [3.8, 4) is 23.0 Å². The fourth-order valence-corrected chi connectivity index (χ4v) is 3.16. The Morgan fingerprint density at radius 2 is 2.03 bits per heavy atom. The predicted octanol–water partition coefficient (Wildman–Crippen LogP) is 4.27. The molecule has 0 bridgehead atoms. The van der Waals surface area contributed by atoms with Gasteiger partial charge in [-0.2, -0.15) is 0 Å². The number of hydrogen-bond donors (Lipinski definition) is 3. The molecule has 4 rings (SSSR count). The van der Waals surface area contributed by atoms with E-state index in [1.165, 1.54) is 0 Å². The zero-order chi connectivity index (χ0) is 21.1. The molecule has 1 saturated carbocycles. The molecule has 0 spiro atoms. The van der Waals surface area contributed by atoms with Gasteiger partial charge in [0.05, 0.1) is 23.3 Å². The number of nitrogens with two attached hydrogens (primary N) is 1. The summed E-state index contributed by atoms with van der Waals surface area (Å²) in [6, 6.07) is 10.3. The summed E-state index contributed by atoms with van der Waals surface area (Å²) in [5, 5.41) is 6.69. The number of aromatic nitrogens is 1. The third-order valence-electron chi connectivity index (χ3n) is 4.55. The van der Waals surface area contributed by atoms with Crippen molar-refractivity contribution in [3.05, 3.63) is 47.6 Å². The number of rotatable bonds is 7. The van der Waals surface area contributed by atoms with Crippen molar-refractivity contribution in [3.63, 3.8) is 0 Å². The van der Waals surface area contributed by atoms with Gasteiger partial charge in [0.2, 0.25) is 0 Å². The summed E-state index contributed by atoms with van der Waals surface area (Å²) in [7, 11) is 1.55. The Hall–Kier alpha value is -3.23. The Kier molecular flexibility index (Phi) is 5.78. The van der Waals surface area contributed by atoms with E-state index in [9.17, 15) is 4.79 Å². The van der Waals surface area contributed by atoms with Crippen LogP contribution in [0.3, 0.4) is 0 Å². The van der Waals surface area contributed by atoms with Gasteiger partial charge in [0.25, 0.3) is 0 Å². The quantitative estimate of drug-likeness (QED) is 0.485. The van der Waals surface area contributed by atoms with E-state index in [4.69, 9.17) is 31.5 Å². The number of carbonyl (C=O) groups excluding carboxylic acids is 1. The maximum absolute atomic E-state index is 11.9. The van der Waals surface area contributed by atoms with Gasteiger partial charge in [0, 0.05) is 29.8 Å². The normalized spacial score (nSPS) is 13.0. The molecule has 1 heterocycles.